The van der Waals surface area contributed by atoms with Crippen molar-refractivity contribution in [3.63, 3.8) is 0 Å². The Balaban J connectivity index is 2.34. The Bertz CT molecular complexity index is 867. The van der Waals surface area contributed by atoms with Crippen molar-refractivity contribution in [1.82, 2.24) is 0 Å². The number of hydrogen-bond acceptors (Lipinski definition) is 5. The van der Waals surface area contributed by atoms with Crippen molar-refractivity contribution in [1.29, 1.82) is 0 Å². The molecule has 0 aliphatic rings. The fourth-order valence-electron chi connectivity index (χ4n) is 2.12. The van der Waals surface area contributed by atoms with Gasteiger partial charge in [0.25, 0.3) is 0 Å². The van der Waals surface area contributed by atoms with Crippen LogP contribution < -0.4 is 9.88 Å². The maximum atomic E-state index is 12.4. The number of halogens is 1. The van der Waals surface area contributed by atoms with Gasteiger partial charge in [-0.1, -0.05) is 29.8 Å². The first-order chi connectivity index (χ1) is 11.2. The molecular formula is C16H16ClNO5S. The van der Waals surface area contributed by atoms with E-state index in [1.807, 2.05) is 0 Å². The number of nitrogens with two attached hydrogens (primary N) is 1. The van der Waals surface area contributed by atoms with Crippen LogP contribution in [0.2, 0.25) is 5.02 Å². The van der Waals surface area contributed by atoms with Gasteiger partial charge in [-0.15, -0.1) is 0 Å². The predicted molar refractivity (Wildman–Crippen MR) is 89.6 cm³/mol. The molecule has 1 unspecified atom stereocenters. The number of esters is 1. The number of sulfonamides is 1. The molecule has 0 spiro atoms. The fraction of sp³-hybridized carbons (Fsp3) is 0.188. The van der Waals surface area contributed by atoms with Gasteiger partial charge in [0.15, 0.2) is 0 Å². The largest absolute Gasteiger partial charge is 0.496 e. The van der Waals surface area contributed by atoms with Crippen LogP contribution in [-0.2, 0) is 14.8 Å². The Morgan fingerprint density at radius 2 is 1.88 bits per heavy atom. The second kappa shape index (κ2) is 7.21. The van der Waals surface area contributed by atoms with E-state index in [2.05, 4.69) is 0 Å². The SMILES string of the molecule is COc1ccc(S(N)(=O)=O)cc1C(=O)OC(C)c1ccccc1Cl. The van der Waals surface area contributed by atoms with Crippen molar-refractivity contribution in [3.05, 3.63) is 58.6 Å². The summed E-state index contributed by atoms with van der Waals surface area (Å²) < 4.78 is 33.4. The molecule has 24 heavy (non-hydrogen) atoms. The monoisotopic (exact) mass is 369 g/mol. The minimum atomic E-state index is -3.96. The van der Waals surface area contributed by atoms with E-state index in [1.165, 1.54) is 19.2 Å². The molecule has 0 aliphatic carbocycles. The van der Waals surface area contributed by atoms with E-state index in [1.54, 1.807) is 31.2 Å². The van der Waals surface area contributed by atoms with Gasteiger partial charge in [-0.3, -0.25) is 0 Å². The zero-order valence-corrected chi connectivity index (χ0v) is 14.6. The summed E-state index contributed by atoms with van der Waals surface area (Å²) in [6.07, 6.45) is -0.631. The molecule has 8 heteroatoms. The minimum Gasteiger partial charge on any atom is -0.496 e. The third-order valence-electron chi connectivity index (χ3n) is 3.35. The molecule has 2 rings (SSSR count). The van der Waals surface area contributed by atoms with Crippen LogP contribution in [0.1, 0.15) is 28.9 Å². The summed E-state index contributed by atoms with van der Waals surface area (Å²) in [5.41, 5.74) is 0.594. The first-order valence-corrected chi connectivity index (χ1v) is 8.82. The highest BCUT2D eigenvalue weighted by atomic mass is 35.5. The lowest BCUT2D eigenvalue weighted by molar-refractivity contribution is 0.0334. The van der Waals surface area contributed by atoms with Gasteiger partial charge in [0.2, 0.25) is 10.0 Å². The predicted octanol–water partition coefficient (Wildman–Crippen LogP) is 2.91. The Hall–Kier alpha value is -2.09. The fourth-order valence-corrected chi connectivity index (χ4v) is 2.95. The molecule has 128 valence electrons. The van der Waals surface area contributed by atoms with Crippen LogP contribution in [0, 0.1) is 0 Å². The standard InChI is InChI=1S/C16H16ClNO5S/c1-10(12-5-3-4-6-14(12)17)23-16(19)13-9-11(24(18,20)21)7-8-15(13)22-2/h3-10H,1-2H3,(H2,18,20,21). The molecule has 0 saturated heterocycles. The molecule has 0 heterocycles. The smallest absolute Gasteiger partial charge is 0.342 e. The van der Waals surface area contributed by atoms with Crippen molar-refractivity contribution in [2.24, 2.45) is 5.14 Å². The van der Waals surface area contributed by atoms with Crippen LogP contribution in [-0.4, -0.2) is 21.5 Å². The molecule has 0 amide bonds. The Morgan fingerprint density at radius 1 is 1.21 bits per heavy atom. The summed E-state index contributed by atoms with van der Waals surface area (Å²) in [6, 6.07) is 10.7. The second-order valence-corrected chi connectivity index (χ2v) is 6.94. The first kappa shape index (κ1) is 18.3. The molecule has 0 aromatic heterocycles. The Kier molecular flexibility index (Phi) is 5.48. The molecule has 2 aromatic rings. The van der Waals surface area contributed by atoms with E-state index in [0.717, 1.165) is 6.07 Å². The number of methoxy groups -OCH3 is 1. The van der Waals surface area contributed by atoms with Crippen LogP contribution in [0.25, 0.3) is 0 Å². The zero-order valence-electron chi connectivity index (χ0n) is 13.0. The molecule has 1 atom stereocenters. The molecule has 0 radical (unpaired) electrons. The number of carbonyl (C=O) groups excluding carboxylic acids is 1. The third-order valence-corrected chi connectivity index (χ3v) is 4.60. The highest BCUT2D eigenvalue weighted by molar-refractivity contribution is 7.89. The van der Waals surface area contributed by atoms with E-state index < -0.39 is 22.1 Å². The first-order valence-electron chi connectivity index (χ1n) is 6.90. The highest BCUT2D eigenvalue weighted by Gasteiger charge is 2.21. The molecule has 0 saturated carbocycles. The number of hydrogen-bond donors (Lipinski definition) is 1. The van der Waals surface area contributed by atoms with Crippen LogP contribution in [0.5, 0.6) is 5.75 Å². The average Bonchev–Trinajstić information content (AvgIpc) is 2.53. The van der Waals surface area contributed by atoms with Gasteiger partial charge in [0.1, 0.15) is 17.4 Å². The number of carbonyl (C=O) groups is 1. The summed E-state index contributed by atoms with van der Waals surface area (Å²) in [4.78, 5) is 12.2. The zero-order chi connectivity index (χ0) is 17.9. The Morgan fingerprint density at radius 3 is 2.46 bits per heavy atom. The number of ether oxygens (including phenoxy) is 2. The Labute approximate surface area is 145 Å². The topological polar surface area (TPSA) is 95.7 Å². The summed E-state index contributed by atoms with van der Waals surface area (Å²) in [5.74, 6) is -0.566. The molecule has 0 aliphatic heterocycles. The average molecular weight is 370 g/mol. The maximum Gasteiger partial charge on any atom is 0.342 e. The normalized spacial score (nSPS) is 12.5. The quantitative estimate of drug-likeness (QED) is 0.817. The van der Waals surface area contributed by atoms with Gasteiger partial charge in [-0.05, 0) is 31.2 Å². The summed E-state index contributed by atoms with van der Waals surface area (Å²) in [7, 11) is -2.59. The third kappa shape index (κ3) is 4.05. The molecule has 6 nitrogen and oxygen atoms in total. The number of primary sulfonamides is 1. The van der Waals surface area contributed by atoms with Gasteiger partial charge in [0.05, 0.1) is 12.0 Å². The van der Waals surface area contributed by atoms with Gasteiger partial charge >= 0.3 is 5.97 Å². The lowest BCUT2D eigenvalue weighted by atomic mass is 10.1. The molecule has 0 fully saturated rings. The van der Waals surface area contributed by atoms with Gasteiger partial charge in [0, 0.05) is 10.6 Å². The summed E-state index contributed by atoms with van der Waals surface area (Å²) in [5, 5.41) is 5.55. The van der Waals surface area contributed by atoms with Gasteiger partial charge < -0.3 is 9.47 Å². The number of benzene rings is 2. The maximum absolute atomic E-state index is 12.4. The summed E-state index contributed by atoms with van der Waals surface area (Å²) >= 11 is 6.08. The van der Waals surface area contributed by atoms with Crippen molar-refractivity contribution >= 4 is 27.6 Å². The van der Waals surface area contributed by atoms with E-state index >= 15 is 0 Å². The van der Waals surface area contributed by atoms with Gasteiger partial charge in [-0.25, -0.2) is 18.4 Å². The van der Waals surface area contributed by atoms with E-state index in [9.17, 15) is 13.2 Å². The minimum absolute atomic E-state index is 0.0390. The van der Waals surface area contributed by atoms with Crippen molar-refractivity contribution in [2.75, 3.05) is 7.11 Å². The van der Waals surface area contributed by atoms with Crippen LogP contribution >= 0.6 is 11.6 Å². The second-order valence-electron chi connectivity index (χ2n) is 4.98. The van der Waals surface area contributed by atoms with E-state index in [0.29, 0.717) is 10.6 Å². The van der Waals surface area contributed by atoms with Crippen molar-refractivity contribution < 1.29 is 22.7 Å². The van der Waals surface area contributed by atoms with E-state index in [-0.39, 0.29) is 16.2 Å². The lowest BCUT2D eigenvalue weighted by Crippen LogP contribution is -2.15. The van der Waals surface area contributed by atoms with Crippen LogP contribution in [0.4, 0.5) is 0 Å². The molecule has 2 N–H and O–H groups in total. The van der Waals surface area contributed by atoms with E-state index in [4.69, 9.17) is 26.2 Å². The molecule has 0 bridgehead atoms. The van der Waals surface area contributed by atoms with Crippen molar-refractivity contribution in [2.45, 2.75) is 17.9 Å². The molecule has 2 aromatic carbocycles. The molecular weight excluding hydrogens is 354 g/mol. The lowest BCUT2D eigenvalue weighted by Gasteiger charge is -2.16. The van der Waals surface area contributed by atoms with Crippen LogP contribution in [0.3, 0.4) is 0 Å². The van der Waals surface area contributed by atoms with Crippen molar-refractivity contribution in [3.8, 4) is 5.75 Å². The summed E-state index contributed by atoms with van der Waals surface area (Å²) in [6.45, 7) is 1.66. The van der Waals surface area contributed by atoms with Gasteiger partial charge in [-0.2, -0.15) is 0 Å². The van der Waals surface area contributed by atoms with Crippen LogP contribution in [0.15, 0.2) is 47.4 Å². The highest BCUT2D eigenvalue weighted by Crippen LogP contribution is 2.28. The number of rotatable bonds is 5.